The van der Waals surface area contributed by atoms with E-state index in [2.05, 4.69) is 16.7 Å². The Bertz CT molecular complexity index is 687. The van der Waals surface area contributed by atoms with Gasteiger partial charge in [-0.3, -0.25) is 9.48 Å². The molecule has 2 aromatic heterocycles. The average Bonchev–Trinajstić information content (AvgIpc) is 2.85. The van der Waals surface area contributed by atoms with Crippen LogP contribution >= 0.6 is 0 Å². The lowest BCUT2D eigenvalue weighted by atomic mass is 9.93. The minimum atomic E-state index is -0.665. The normalized spacial score (nSPS) is 11.3. The van der Waals surface area contributed by atoms with E-state index in [9.17, 15) is 4.79 Å². The van der Waals surface area contributed by atoms with Crippen LogP contribution in [0.25, 0.3) is 17.2 Å². The highest BCUT2D eigenvalue weighted by Gasteiger charge is 2.26. The number of carbonyl (C=O) groups excluding carboxylic acids is 1. The van der Waals surface area contributed by atoms with Gasteiger partial charge in [-0.15, -0.1) is 0 Å². The minimum Gasteiger partial charge on any atom is -0.383 e. The van der Waals surface area contributed by atoms with E-state index in [0.717, 1.165) is 16.7 Å². The Morgan fingerprint density at radius 2 is 2.24 bits per heavy atom. The third-order valence-electron chi connectivity index (χ3n) is 3.39. The summed E-state index contributed by atoms with van der Waals surface area (Å²) in [5.41, 5.74) is 13.1. The van der Waals surface area contributed by atoms with Gasteiger partial charge >= 0.3 is 0 Å². The van der Waals surface area contributed by atoms with Crippen molar-refractivity contribution in [2.24, 2.45) is 11.1 Å². The standard InChI is InChI=1S/C15H19N5O/c1-4-11-12(5-6-18-13(11)16)10-7-19-20(8-10)9-15(2,3)14(17)21/h4-8H,1,9H2,2-3H3,(H2,16,18)(H2,17,21). The van der Waals surface area contributed by atoms with Crippen molar-refractivity contribution in [1.82, 2.24) is 14.8 Å². The Morgan fingerprint density at radius 1 is 1.52 bits per heavy atom. The molecule has 0 spiro atoms. The van der Waals surface area contributed by atoms with Crippen LogP contribution in [0.1, 0.15) is 19.4 Å². The zero-order valence-electron chi connectivity index (χ0n) is 12.2. The molecule has 0 saturated heterocycles. The van der Waals surface area contributed by atoms with Gasteiger partial charge in [0, 0.05) is 23.5 Å². The maximum atomic E-state index is 11.4. The number of hydrogen-bond donors (Lipinski definition) is 2. The first kappa shape index (κ1) is 14.8. The highest BCUT2D eigenvalue weighted by molar-refractivity contribution is 5.80. The third-order valence-corrected chi connectivity index (χ3v) is 3.39. The summed E-state index contributed by atoms with van der Waals surface area (Å²) >= 11 is 0. The van der Waals surface area contributed by atoms with Crippen LogP contribution in [0.3, 0.4) is 0 Å². The topological polar surface area (TPSA) is 99.8 Å². The number of nitrogens with two attached hydrogens (primary N) is 2. The number of aromatic nitrogens is 3. The van der Waals surface area contributed by atoms with Crippen molar-refractivity contribution in [2.75, 3.05) is 5.73 Å². The Balaban J connectivity index is 2.35. The maximum Gasteiger partial charge on any atom is 0.224 e. The summed E-state index contributed by atoms with van der Waals surface area (Å²) in [6.07, 6.45) is 6.88. The van der Waals surface area contributed by atoms with Gasteiger partial charge in [-0.2, -0.15) is 5.10 Å². The second-order valence-corrected chi connectivity index (χ2v) is 5.54. The number of rotatable bonds is 5. The third kappa shape index (κ3) is 2.94. The summed E-state index contributed by atoms with van der Waals surface area (Å²) in [6.45, 7) is 7.74. The first-order valence-corrected chi connectivity index (χ1v) is 6.55. The number of pyridine rings is 1. The highest BCUT2D eigenvalue weighted by Crippen LogP contribution is 2.27. The molecule has 0 bridgehead atoms. The number of carbonyl (C=O) groups is 1. The van der Waals surface area contributed by atoms with E-state index >= 15 is 0 Å². The summed E-state index contributed by atoms with van der Waals surface area (Å²) in [5, 5.41) is 4.28. The molecule has 1 amide bonds. The lowest BCUT2D eigenvalue weighted by Crippen LogP contribution is -2.35. The van der Waals surface area contributed by atoms with E-state index < -0.39 is 5.41 Å². The molecular weight excluding hydrogens is 266 g/mol. The van der Waals surface area contributed by atoms with E-state index in [1.54, 1.807) is 37.0 Å². The van der Waals surface area contributed by atoms with Crippen molar-refractivity contribution >= 4 is 17.8 Å². The Kier molecular flexibility index (Phi) is 3.80. The first-order chi connectivity index (χ1) is 9.85. The molecule has 4 N–H and O–H groups in total. The Labute approximate surface area is 123 Å². The molecule has 0 aliphatic heterocycles. The quantitative estimate of drug-likeness (QED) is 0.872. The zero-order chi connectivity index (χ0) is 15.6. The SMILES string of the molecule is C=Cc1c(-c2cnn(CC(C)(C)C(N)=O)c2)ccnc1N. The molecule has 0 unspecified atom stereocenters. The summed E-state index contributed by atoms with van der Waals surface area (Å²) in [5.74, 6) is 0.0622. The molecule has 0 atom stereocenters. The number of hydrogen-bond acceptors (Lipinski definition) is 4. The van der Waals surface area contributed by atoms with Crippen molar-refractivity contribution < 1.29 is 4.79 Å². The second-order valence-electron chi connectivity index (χ2n) is 5.54. The summed E-state index contributed by atoms with van der Waals surface area (Å²) in [4.78, 5) is 15.4. The van der Waals surface area contributed by atoms with Crippen molar-refractivity contribution in [3.05, 3.63) is 36.8 Å². The van der Waals surface area contributed by atoms with Crippen LogP contribution < -0.4 is 11.5 Å². The summed E-state index contributed by atoms with van der Waals surface area (Å²) in [7, 11) is 0. The predicted octanol–water partition coefficient (Wildman–Crippen LogP) is 1.68. The zero-order valence-corrected chi connectivity index (χ0v) is 12.2. The van der Waals surface area contributed by atoms with Gasteiger partial charge in [-0.25, -0.2) is 4.98 Å². The lowest BCUT2D eigenvalue weighted by molar-refractivity contribution is -0.126. The van der Waals surface area contributed by atoms with Gasteiger partial charge in [0.05, 0.1) is 18.2 Å². The second kappa shape index (κ2) is 5.40. The van der Waals surface area contributed by atoms with Gasteiger partial charge in [0.15, 0.2) is 0 Å². The highest BCUT2D eigenvalue weighted by atomic mass is 16.1. The van der Waals surface area contributed by atoms with Gasteiger partial charge in [-0.1, -0.05) is 12.7 Å². The van der Waals surface area contributed by atoms with Crippen molar-refractivity contribution in [3.8, 4) is 11.1 Å². The minimum absolute atomic E-state index is 0.362. The Hall–Kier alpha value is -2.63. The summed E-state index contributed by atoms with van der Waals surface area (Å²) in [6, 6.07) is 1.86. The smallest absolute Gasteiger partial charge is 0.224 e. The van der Waals surface area contributed by atoms with Gasteiger partial charge in [0.25, 0.3) is 0 Å². The molecule has 0 radical (unpaired) electrons. The van der Waals surface area contributed by atoms with Crippen LogP contribution in [0.15, 0.2) is 31.2 Å². The predicted molar refractivity (Wildman–Crippen MR) is 82.9 cm³/mol. The average molecular weight is 285 g/mol. The van der Waals surface area contributed by atoms with Gasteiger partial charge < -0.3 is 11.5 Å². The van der Waals surface area contributed by atoms with Crippen molar-refractivity contribution in [1.29, 1.82) is 0 Å². The van der Waals surface area contributed by atoms with E-state index in [0.29, 0.717) is 12.4 Å². The molecule has 21 heavy (non-hydrogen) atoms. The fraction of sp³-hybridized carbons (Fsp3) is 0.267. The van der Waals surface area contributed by atoms with E-state index in [1.807, 2.05) is 12.3 Å². The molecule has 0 aliphatic carbocycles. The van der Waals surface area contributed by atoms with Gasteiger partial charge in [0.1, 0.15) is 5.82 Å². The molecule has 0 saturated carbocycles. The fourth-order valence-corrected chi connectivity index (χ4v) is 2.03. The number of primary amides is 1. The molecular formula is C15H19N5O. The number of anilines is 1. The summed E-state index contributed by atoms with van der Waals surface area (Å²) < 4.78 is 1.70. The first-order valence-electron chi connectivity index (χ1n) is 6.55. The van der Waals surface area contributed by atoms with Crippen LogP contribution in [0.4, 0.5) is 5.82 Å². The molecule has 6 heteroatoms. The van der Waals surface area contributed by atoms with Crippen molar-refractivity contribution in [3.63, 3.8) is 0 Å². The van der Waals surface area contributed by atoms with Crippen LogP contribution in [0.5, 0.6) is 0 Å². The number of nitrogen functional groups attached to an aromatic ring is 1. The molecule has 2 heterocycles. The van der Waals surface area contributed by atoms with Crippen molar-refractivity contribution in [2.45, 2.75) is 20.4 Å². The van der Waals surface area contributed by atoms with E-state index in [4.69, 9.17) is 11.5 Å². The molecule has 6 nitrogen and oxygen atoms in total. The van der Waals surface area contributed by atoms with Gasteiger partial charge in [0.2, 0.25) is 5.91 Å². The van der Waals surface area contributed by atoms with Gasteiger partial charge in [-0.05, 0) is 25.5 Å². The van der Waals surface area contributed by atoms with Crippen LogP contribution in [-0.4, -0.2) is 20.7 Å². The largest absolute Gasteiger partial charge is 0.383 e. The van der Waals surface area contributed by atoms with Crippen LogP contribution in [0.2, 0.25) is 0 Å². The lowest BCUT2D eigenvalue weighted by Gasteiger charge is -2.19. The molecule has 2 aromatic rings. The molecule has 0 aliphatic rings. The number of amides is 1. The molecule has 110 valence electrons. The van der Waals surface area contributed by atoms with Crippen LogP contribution in [0, 0.1) is 5.41 Å². The van der Waals surface area contributed by atoms with E-state index in [1.165, 1.54) is 0 Å². The molecule has 2 rings (SSSR count). The Morgan fingerprint density at radius 3 is 2.86 bits per heavy atom. The maximum absolute atomic E-state index is 11.4. The van der Waals surface area contributed by atoms with Crippen LogP contribution in [-0.2, 0) is 11.3 Å². The number of nitrogens with zero attached hydrogens (tertiary/aromatic N) is 3. The molecule has 0 aromatic carbocycles. The fourth-order valence-electron chi connectivity index (χ4n) is 2.03. The molecule has 0 fully saturated rings. The monoisotopic (exact) mass is 285 g/mol. The van der Waals surface area contributed by atoms with E-state index in [-0.39, 0.29) is 5.91 Å².